The first-order chi connectivity index (χ1) is 8.54. The van der Waals surface area contributed by atoms with Crippen molar-refractivity contribution < 1.29 is 0 Å². The van der Waals surface area contributed by atoms with Gasteiger partial charge in [0.05, 0.1) is 5.69 Å². The van der Waals surface area contributed by atoms with E-state index >= 15 is 0 Å². The van der Waals surface area contributed by atoms with E-state index in [0.29, 0.717) is 16.9 Å². The lowest BCUT2D eigenvalue weighted by atomic mass is 9.69. The van der Waals surface area contributed by atoms with Crippen LogP contribution in [0.5, 0.6) is 0 Å². The van der Waals surface area contributed by atoms with Gasteiger partial charge in [-0.15, -0.1) is 0 Å². The van der Waals surface area contributed by atoms with Gasteiger partial charge >= 0.3 is 0 Å². The molecule has 18 heavy (non-hydrogen) atoms. The van der Waals surface area contributed by atoms with Crippen LogP contribution in [0.1, 0.15) is 45.7 Å². The Labute approximate surface area is 109 Å². The summed E-state index contributed by atoms with van der Waals surface area (Å²) in [4.78, 5) is 0. The number of nitrogens with one attached hydrogen (secondary N) is 1. The Morgan fingerprint density at radius 2 is 2.22 bits per heavy atom. The monoisotopic (exact) mass is 245 g/mol. The number of nitrogens with zero attached hydrogens (tertiary/aromatic N) is 2. The van der Waals surface area contributed by atoms with Crippen molar-refractivity contribution in [3.05, 3.63) is 24.0 Å². The number of hydrogen-bond donors (Lipinski definition) is 1. The third kappa shape index (κ3) is 1.60. The average Bonchev–Trinajstić information content (AvgIpc) is 2.70. The summed E-state index contributed by atoms with van der Waals surface area (Å²) in [7, 11) is 0. The van der Waals surface area contributed by atoms with E-state index in [2.05, 4.69) is 36.3 Å². The molecule has 98 valence electrons. The molecule has 3 nitrogen and oxygen atoms in total. The molecule has 1 N–H and O–H groups in total. The Morgan fingerprint density at radius 1 is 1.39 bits per heavy atom. The quantitative estimate of drug-likeness (QED) is 0.890. The van der Waals surface area contributed by atoms with Gasteiger partial charge in [0.2, 0.25) is 0 Å². The lowest BCUT2D eigenvalue weighted by Gasteiger charge is -2.39. The van der Waals surface area contributed by atoms with Gasteiger partial charge in [-0.2, -0.15) is 10.2 Å². The molecule has 2 saturated carbocycles. The van der Waals surface area contributed by atoms with Gasteiger partial charge in [0.15, 0.2) is 0 Å². The molecule has 0 saturated heterocycles. The van der Waals surface area contributed by atoms with Crippen LogP contribution in [-0.2, 0) is 6.54 Å². The van der Waals surface area contributed by atoms with Crippen molar-refractivity contribution >= 4 is 0 Å². The first-order valence-corrected chi connectivity index (χ1v) is 7.04. The Morgan fingerprint density at radius 3 is 2.78 bits per heavy atom. The molecule has 2 aliphatic rings. The summed E-state index contributed by atoms with van der Waals surface area (Å²) in [6, 6.07) is 4.63. The summed E-state index contributed by atoms with van der Waals surface area (Å²) in [6.07, 6.45) is 5.82. The first kappa shape index (κ1) is 12.1. The molecule has 0 aromatic carbocycles. The molecule has 3 rings (SSSR count). The van der Waals surface area contributed by atoms with Crippen molar-refractivity contribution in [2.45, 2.75) is 52.6 Å². The predicted octanol–water partition coefficient (Wildman–Crippen LogP) is 2.78. The molecule has 3 unspecified atom stereocenters. The van der Waals surface area contributed by atoms with Crippen LogP contribution < -0.4 is 5.32 Å². The van der Waals surface area contributed by atoms with E-state index in [1.165, 1.54) is 19.3 Å². The van der Waals surface area contributed by atoms with Crippen molar-refractivity contribution in [1.29, 1.82) is 0 Å². The summed E-state index contributed by atoms with van der Waals surface area (Å²) < 4.78 is 0. The van der Waals surface area contributed by atoms with Crippen molar-refractivity contribution in [2.75, 3.05) is 0 Å². The molecule has 2 fully saturated rings. The largest absolute Gasteiger partial charge is 0.308 e. The van der Waals surface area contributed by atoms with Crippen molar-refractivity contribution in [1.82, 2.24) is 15.5 Å². The summed E-state index contributed by atoms with van der Waals surface area (Å²) in [6.45, 7) is 8.22. The lowest BCUT2D eigenvalue weighted by molar-refractivity contribution is 0.120. The molecule has 1 heterocycles. The molecule has 2 bridgehead atoms. The van der Waals surface area contributed by atoms with Crippen LogP contribution in [0, 0.1) is 16.7 Å². The van der Waals surface area contributed by atoms with E-state index < -0.39 is 0 Å². The minimum atomic E-state index is 0.444. The minimum absolute atomic E-state index is 0.444. The Kier molecular flexibility index (Phi) is 2.70. The van der Waals surface area contributed by atoms with Crippen LogP contribution >= 0.6 is 0 Å². The number of hydrogen-bond acceptors (Lipinski definition) is 3. The second-order valence-corrected chi connectivity index (χ2v) is 6.76. The van der Waals surface area contributed by atoms with E-state index in [9.17, 15) is 0 Å². The van der Waals surface area contributed by atoms with E-state index in [0.717, 1.165) is 18.2 Å². The zero-order valence-electron chi connectivity index (χ0n) is 11.6. The highest BCUT2D eigenvalue weighted by Crippen LogP contribution is 2.65. The van der Waals surface area contributed by atoms with Crippen LogP contribution in [0.3, 0.4) is 0 Å². The standard InChI is InChI=1S/C15H23N3/c1-14(2)11-6-7-15(14,3)13(9-11)16-10-12-5-4-8-17-18-12/h4-5,8,11,13,16H,6-7,9-10H2,1-3H3. The van der Waals surface area contributed by atoms with Gasteiger partial charge in [-0.3, -0.25) is 0 Å². The number of aromatic nitrogens is 2. The molecule has 1 aromatic heterocycles. The van der Waals surface area contributed by atoms with Gasteiger partial charge < -0.3 is 5.32 Å². The maximum Gasteiger partial charge on any atom is 0.0769 e. The third-order valence-electron chi connectivity index (χ3n) is 5.95. The molecular formula is C15H23N3. The fourth-order valence-electron chi connectivity index (χ4n) is 4.17. The van der Waals surface area contributed by atoms with Gasteiger partial charge in [0, 0.05) is 18.8 Å². The highest BCUT2D eigenvalue weighted by atomic mass is 15.1. The molecule has 0 radical (unpaired) electrons. The number of fused-ring (bicyclic) bond motifs is 2. The molecule has 0 spiro atoms. The fraction of sp³-hybridized carbons (Fsp3) is 0.733. The maximum absolute atomic E-state index is 4.15. The molecule has 2 aliphatic carbocycles. The van der Waals surface area contributed by atoms with E-state index in [-0.39, 0.29) is 0 Å². The van der Waals surface area contributed by atoms with Crippen molar-refractivity contribution in [3.8, 4) is 0 Å². The fourth-order valence-corrected chi connectivity index (χ4v) is 4.17. The molecule has 0 aliphatic heterocycles. The number of rotatable bonds is 3. The lowest BCUT2D eigenvalue weighted by Crippen LogP contribution is -2.44. The average molecular weight is 245 g/mol. The zero-order chi connectivity index (χ0) is 12.8. The molecule has 3 heteroatoms. The summed E-state index contributed by atoms with van der Waals surface area (Å²) in [5.41, 5.74) is 1.97. The third-order valence-corrected chi connectivity index (χ3v) is 5.95. The summed E-state index contributed by atoms with van der Waals surface area (Å²) in [5, 5.41) is 11.8. The normalized spacial score (nSPS) is 37.1. The van der Waals surface area contributed by atoms with Crippen LogP contribution in [0.4, 0.5) is 0 Å². The Balaban J connectivity index is 1.69. The first-order valence-electron chi connectivity index (χ1n) is 7.04. The van der Waals surface area contributed by atoms with Crippen LogP contribution in [-0.4, -0.2) is 16.2 Å². The molecular weight excluding hydrogens is 222 g/mol. The smallest absolute Gasteiger partial charge is 0.0769 e. The van der Waals surface area contributed by atoms with Gasteiger partial charge in [-0.05, 0) is 48.1 Å². The van der Waals surface area contributed by atoms with Gasteiger partial charge in [-0.25, -0.2) is 0 Å². The second kappa shape index (κ2) is 4.02. The zero-order valence-corrected chi connectivity index (χ0v) is 11.6. The van der Waals surface area contributed by atoms with Gasteiger partial charge in [0.25, 0.3) is 0 Å². The van der Waals surface area contributed by atoms with Crippen LogP contribution in [0.15, 0.2) is 18.3 Å². The van der Waals surface area contributed by atoms with E-state index in [4.69, 9.17) is 0 Å². The highest BCUT2D eigenvalue weighted by Gasteiger charge is 2.60. The Bertz CT molecular complexity index is 429. The van der Waals surface area contributed by atoms with Gasteiger partial charge in [-0.1, -0.05) is 20.8 Å². The van der Waals surface area contributed by atoms with Crippen molar-refractivity contribution in [3.63, 3.8) is 0 Å². The summed E-state index contributed by atoms with van der Waals surface area (Å²) >= 11 is 0. The molecule has 1 aromatic rings. The van der Waals surface area contributed by atoms with Crippen molar-refractivity contribution in [2.24, 2.45) is 16.7 Å². The maximum atomic E-state index is 4.15. The van der Waals surface area contributed by atoms with E-state index in [1.54, 1.807) is 6.20 Å². The summed E-state index contributed by atoms with van der Waals surface area (Å²) in [5.74, 6) is 0.891. The van der Waals surface area contributed by atoms with E-state index in [1.807, 2.05) is 12.1 Å². The highest BCUT2D eigenvalue weighted by molar-refractivity contribution is 5.13. The molecule has 3 atom stereocenters. The van der Waals surface area contributed by atoms with Crippen LogP contribution in [0.25, 0.3) is 0 Å². The minimum Gasteiger partial charge on any atom is -0.308 e. The van der Waals surface area contributed by atoms with Crippen LogP contribution in [0.2, 0.25) is 0 Å². The SMILES string of the molecule is CC1(C)C2CCC1(C)C(NCc1cccnn1)C2. The second-order valence-electron chi connectivity index (χ2n) is 6.76. The van der Waals surface area contributed by atoms with Gasteiger partial charge in [0.1, 0.15) is 0 Å². The Hall–Kier alpha value is -0.960. The predicted molar refractivity (Wildman–Crippen MR) is 71.9 cm³/mol. The topological polar surface area (TPSA) is 37.8 Å². The molecule has 0 amide bonds.